The van der Waals surface area contributed by atoms with Crippen LogP contribution >= 0.6 is 11.6 Å². The van der Waals surface area contributed by atoms with Crippen LogP contribution in [0.1, 0.15) is 34.6 Å². The molecular weight excluding hydrogens is 538 g/mol. The summed E-state index contributed by atoms with van der Waals surface area (Å²) in [5, 5.41) is 22.3. The summed E-state index contributed by atoms with van der Waals surface area (Å²) < 4.78 is 22.2. The molecule has 0 fully saturated rings. The predicted octanol–water partition coefficient (Wildman–Crippen LogP) is 5.99. The van der Waals surface area contributed by atoms with E-state index in [0.717, 1.165) is 0 Å². The van der Waals surface area contributed by atoms with Gasteiger partial charge in [0, 0.05) is 22.0 Å². The molecule has 5 rings (SSSR count). The van der Waals surface area contributed by atoms with Crippen molar-refractivity contribution in [1.82, 2.24) is 4.90 Å². The minimum absolute atomic E-state index is 0.0166. The Balaban J connectivity index is 1.64. The van der Waals surface area contributed by atoms with Gasteiger partial charge in [0.05, 0.1) is 39.0 Å². The molecule has 1 aliphatic rings. The number of fused-ring (bicyclic) bond motifs is 1. The number of carbonyl (C=O) groups excluding carboxylic acids is 2. The van der Waals surface area contributed by atoms with E-state index in [1.54, 1.807) is 55.5 Å². The van der Waals surface area contributed by atoms with Gasteiger partial charge in [-0.3, -0.25) is 9.59 Å². The molecule has 0 bridgehead atoms. The first-order chi connectivity index (χ1) is 19.3. The van der Waals surface area contributed by atoms with E-state index < -0.39 is 23.5 Å². The van der Waals surface area contributed by atoms with E-state index in [-0.39, 0.29) is 36.0 Å². The van der Waals surface area contributed by atoms with Crippen molar-refractivity contribution in [2.45, 2.75) is 19.5 Å². The zero-order valence-electron chi connectivity index (χ0n) is 21.9. The van der Waals surface area contributed by atoms with Crippen LogP contribution in [0.3, 0.4) is 0 Å². The third kappa shape index (κ3) is 4.69. The number of aliphatic hydroxyl groups excluding tert-OH is 1. The fraction of sp³-hybridized carbons (Fsp3) is 0.200. The maximum absolute atomic E-state index is 14.0. The second-order valence-electron chi connectivity index (χ2n) is 9.04. The van der Waals surface area contributed by atoms with E-state index in [1.807, 2.05) is 0 Å². The Kier molecular flexibility index (Phi) is 7.32. The largest absolute Gasteiger partial charge is 0.504 e. The van der Waals surface area contributed by atoms with E-state index in [4.69, 9.17) is 30.2 Å². The molecule has 2 N–H and O–H groups in total. The number of ether oxygens (including phenoxy) is 3. The third-order valence-electron chi connectivity index (χ3n) is 6.67. The molecule has 0 saturated heterocycles. The molecule has 0 aliphatic carbocycles. The minimum Gasteiger partial charge on any atom is -0.504 e. The van der Waals surface area contributed by atoms with Gasteiger partial charge in [-0.25, -0.2) is 0 Å². The van der Waals surface area contributed by atoms with Gasteiger partial charge in [-0.2, -0.15) is 0 Å². The Bertz CT molecular complexity index is 1660. The predicted molar refractivity (Wildman–Crippen MR) is 147 cm³/mol. The number of hydrogen-bond donors (Lipinski definition) is 2. The number of furan rings is 1. The first-order valence-corrected chi connectivity index (χ1v) is 12.8. The number of benzene rings is 3. The van der Waals surface area contributed by atoms with Gasteiger partial charge in [-0.05, 0) is 42.8 Å². The summed E-state index contributed by atoms with van der Waals surface area (Å²) in [7, 11) is 2.97. The third-order valence-corrected chi connectivity index (χ3v) is 6.89. The van der Waals surface area contributed by atoms with Crippen molar-refractivity contribution in [2.75, 3.05) is 20.8 Å². The number of ketones is 1. The Morgan fingerprint density at radius 2 is 1.75 bits per heavy atom. The van der Waals surface area contributed by atoms with Crippen LogP contribution in [0.15, 0.2) is 76.4 Å². The molecule has 206 valence electrons. The van der Waals surface area contributed by atoms with E-state index in [0.29, 0.717) is 38.6 Å². The maximum Gasteiger partial charge on any atom is 0.290 e. The van der Waals surface area contributed by atoms with Gasteiger partial charge in [0.25, 0.3) is 5.91 Å². The molecule has 2 heterocycles. The van der Waals surface area contributed by atoms with Crippen LogP contribution in [0.5, 0.6) is 23.0 Å². The van der Waals surface area contributed by atoms with E-state index in [1.165, 1.54) is 31.3 Å². The highest BCUT2D eigenvalue weighted by molar-refractivity contribution is 6.31. The van der Waals surface area contributed by atoms with Gasteiger partial charge in [0.2, 0.25) is 5.78 Å². The molecule has 1 aliphatic heterocycles. The van der Waals surface area contributed by atoms with Gasteiger partial charge < -0.3 is 33.7 Å². The van der Waals surface area contributed by atoms with Crippen molar-refractivity contribution in [1.29, 1.82) is 0 Å². The van der Waals surface area contributed by atoms with Gasteiger partial charge in [-0.15, -0.1) is 0 Å². The highest BCUT2D eigenvalue weighted by Gasteiger charge is 2.45. The van der Waals surface area contributed by atoms with Crippen molar-refractivity contribution in [3.8, 4) is 23.0 Å². The lowest BCUT2D eigenvalue weighted by molar-refractivity contribution is -0.130. The van der Waals surface area contributed by atoms with Gasteiger partial charge in [0.15, 0.2) is 34.4 Å². The molecule has 0 saturated carbocycles. The van der Waals surface area contributed by atoms with Crippen LogP contribution in [0, 0.1) is 0 Å². The quantitative estimate of drug-likeness (QED) is 0.238. The Morgan fingerprint density at radius 3 is 2.48 bits per heavy atom. The van der Waals surface area contributed by atoms with Crippen molar-refractivity contribution in [3.05, 3.63) is 93.9 Å². The average Bonchev–Trinajstić information content (AvgIpc) is 3.48. The van der Waals surface area contributed by atoms with Crippen molar-refractivity contribution < 1.29 is 38.4 Å². The zero-order chi connectivity index (χ0) is 28.6. The number of Topliss-reactive ketones (excluding diaryl/α,β-unsaturated/α-hetero) is 1. The summed E-state index contributed by atoms with van der Waals surface area (Å²) in [6.07, 6.45) is 0. The van der Waals surface area contributed by atoms with Crippen molar-refractivity contribution in [2.24, 2.45) is 0 Å². The number of hydrogen-bond acceptors (Lipinski definition) is 8. The van der Waals surface area contributed by atoms with Crippen molar-refractivity contribution in [3.63, 3.8) is 0 Å². The molecule has 9 nitrogen and oxygen atoms in total. The van der Waals surface area contributed by atoms with Crippen LogP contribution in [0.2, 0.25) is 5.02 Å². The van der Waals surface area contributed by atoms with Crippen LogP contribution in [0.25, 0.3) is 11.0 Å². The lowest BCUT2D eigenvalue weighted by Gasteiger charge is -2.27. The Hall–Kier alpha value is -4.63. The summed E-state index contributed by atoms with van der Waals surface area (Å²) >= 11 is 6.19. The Morgan fingerprint density at radius 1 is 1.00 bits per heavy atom. The molecule has 1 aromatic heterocycles. The summed E-state index contributed by atoms with van der Waals surface area (Å²) in [5.41, 5.74) is 1.22. The number of para-hydroxylation sites is 1. The second kappa shape index (κ2) is 10.9. The summed E-state index contributed by atoms with van der Waals surface area (Å²) in [5.74, 6) is -1.33. The number of aliphatic hydroxyl groups is 1. The molecule has 10 heteroatoms. The van der Waals surface area contributed by atoms with Gasteiger partial charge in [-0.1, -0.05) is 35.9 Å². The molecule has 40 heavy (non-hydrogen) atoms. The number of carbonyl (C=O) groups is 2. The average molecular weight is 564 g/mol. The van der Waals surface area contributed by atoms with E-state index in [9.17, 15) is 19.8 Å². The lowest BCUT2D eigenvalue weighted by atomic mass is 9.94. The maximum atomic E-state index is 14.0. The molecule has 3 aromatic carbocycles. The molecular formula is C30H26ClNO8. The first-order valence-electron chi connectivity index (χ1n) is 12.4. The summed E-state index contributed by atoms with van der Waals surface area (Å²) in [4.78, 5) is 28.8. The number of aromatic hydroxyl groups is 1. The minimum atomic E-state index is -1.04. The molecule has 1 atom stereocenters. The number of rotatable bonds is 9. The van der Waals surface area contributed by atoms with Crippen LogP contribution < -0.4 is 14.2 Å². The number of methoxy groups -OCH3 is 2. The number of nitrogens with zero attached hydrogens (tertiary/aromatic N) is 1. The van der Waals surface area contributed by atoms with E-state index in [2.05, 4.69) is 0 Å². The second-order valence-corrected chi connectivity index (χ2v) is 9.47. The SMILES string of the molecule is CCOc1cc(C2C(C(=O)c3cc4cc(Cl)cc(OC)c4o3)=C(O)C(=O)N2Cc2ccccc2OC)ccc1O. The van der Waals surface area contributed by atoms with Gasteiger partial charge in [0.1, 0.15) is 5.75 Å². The molecule has 1 unspecified atom stereocenters. The molecule has 4 aromatic rings. The topological polar surface area (TPSA) is 119 Å². The van der Waals surface area contributed by atoms with Gasteiger partial charge >= 0.3 is 0 Å². The standard InChI is InChI=1S/C30H26ClNO8/c1-4-39-22-12-16(9-10-20(22)33)26-25(27(34)23-13-18-11-19(31)14-24(38-3)29(18)40-23)28(35)30(36)32(26)15-17-7-5-6-8-21(17)37-2/h5-14,26,33,35H,4,15H2,1-3H3. The van der Waals surface area contributed by atoms with E-state index >= 15 is 0 Å². The highest BCUT2D eigenvalue weighted by atomic mass is 35.5. The molecule has 0 radical (unpaired) electrons. The van der Waals surface area contributed by atoms with Crippen LogP contribution in [0.4, 0.5) is 0 Å². The van der Waals surface area contributed by atoms with Crippen molar-refractivity contribution >= 4 is 34.3 Å². The Labute approximate surface area is 234 Å². The number of amides is 1. The summed E-state index contributed by atoms with van der Waals surface area (Å²) in [6.45, 7) is 2.06. The first kappa shape index (κ1) is 27.0. The molecule has 0 spiro atoms. The lowest BCUT2D eigenvalue weighted by Crippen LogP contribution is -2.31. The molecule has 1 amide bonds. The zero-order valence-corrected chi connectivity index (χ0v) is 22.7. The number of phenolic OH excluding ortho intramolecular Hbond substituents is 1. The fourth-order valence-corrected chi connectivity index (χ4v) is 5.08. The highest BCUT2D eigenvalue weighted by Crippen LogP contribution is 2.44. The fourth-order valence-electron chi connectivity index (χ4n) is 4.87. The summed E-state index contributed by atoms with van der Waals surface area (Å²) in [6, 6.07) is 15.3. The monoisotopic (exact) mass is 563 g/mol. The van der Waals surface area contributed by atoms with Crippen LogP contribution in [-0.4, -0.2) is 47.6 Å². The normalized spacial score (nSPS) is 15.2. The number of halogens is 1. The van der Waals surface area contributed by atoms with Crippen LogP contribution in [-0.2, 0) is 11.3 Å². The number of phenols is 1. The smallest absolute Gasteiger partial charge is 0.290 e.